The molecule has 0 unspecified atom stereocenters. The van der Waals surface area contributed by atoms with Crippen molar-refractivity contribution in [2.45, 2.75) is 33.7 Å². The average molecular weight is 266 g/mol. The summed E-state index contributed by atoms with van der Waals surface area (Å²) in [5.74, 6) is -0.115. The highest BCUT2D eigenvalue weighted by Gasteiger charge is 2.20. The van der Waals surface area contributed by atoms with Crippen molar-refractivity contribution in [3.63, 3.8) is 0 Å². The number of hydrogen-bond donors (Lipinski definition) is 1. The maximum absolute atomic E-state index is 13.6. The Morgan fingerprint density at radius 3 is 2.58 bits per heavy atom. The maximum atomic E-state index is 13.6. The van der Waals surface area contributed by atoms with E-state index in [1.165, 1.54) is 6.07 Å². The van der Waals surface area contributed by atoms with Crippen LogP contribution in [0.15, 0.2) is 24.3 Å². The van der Waals surface area contributed by atoms with E-state index in [-0.39, 0.29) is 11.2 Å². The van der Waals surface area contributed by atoms with Crippen LogP contribution < -0.4 is 5.32 Å². The van der Waals surface area contributed by atoms with Crippen LogP contribution in [0.3, 0.4) is 0 Å². The van der Waals surface area contributed by atoms with E-state index in [1.54, 1.807) is 6.07 Å². The molecule has 0 fully saturated rings. The third kappa shape index (κ3) is 6.17. The van der Waals surface area contributed by atoms with Crippen molar-refractivity contribution in [1.82, 2.24) is 10.2 Å². The van der Waals surface area contributed by atoms with Gasteiger partial charge < -0.3 is 10.2 Å². The van der Waals surface area contributed by atoms with Crippen molar-refractivity contribution in [3.05, 3.63) is 35.6 Å². The first-order valence-electron chi connectivity index (χ1n) is 7.07. The van der Waals surface area contributed by atoms with E-state index in [0.717, 1.165) is 31.6 Å². The first kappa shape index (κ1) is 16.1. The Bertz CT molecular complexity index is 377. The summed E-state index contributed by atoms with van der Waals surface area (Å²) in [5, 5.41) is 3.46. The fourth-order valence-electron chi connectivity index (χ4n) is 2.36. The molecule has 0 radical (unpaired) electrons. The van der Waals surface area contributed by atoms with Crippen molar-refractivity contribution in [3.8, 4) is 0 Å². The van der Waals surface area contributed by atoms with Crippen LogP contribution in [0.25, 0.3) is 0 Å². The van der Waals surface area contributed by atoms with Gasteiger partial charge in [0.15, 0.2) is 0 Å². The molecule has 0 aliphatic heterocycles. The molecule has 0 heterocycles. The second-order valence-electron chi connectivity index (χ2n) is 6.10. The third-order valence-corrected chi connectivity index (χ3v) is 3.13. The summed E-state index contributed by atoms with van der Waals surface area (Å²) in [6.07, 6.45) is 1.15. The van der Waals surface area contributed by atoms with Gasteiger partial charge >= 0.3 is 0 Å². The zero-order valence-electron chi connectivity index (χ0n) is 12.7. The van der Waals surface area contributed by atoms with E-state index >= 15 is 0 Å². The molecule has 0 spiro atoms. The van der Waals surface area contributed by atoms with Crippen LogP contribution in [-0.2, 0) is 6.54 Å². The molecule has 0 aliphatic carbocycles. The Morgan fingerprint density at radius 1 is 1.26 bits per heavy atom. The van der Waals surface area contributed by atoms with Gasteiger partial charge in [-0.25, -0.2) is 4.39 Å². The number of rotatable bonds is 8. The molecule has 1 N–H and O–H groups in total. The van der Waals surface area contributed by atoms with E-state index in [1.807, 2.05) is 19.2 Å². The molecule has 1 rings (SSSR count). The molecular weight excluding hydrogens is 239 g/mol. The first-order chi connectivity index (χ1) is 8.94. The summed E-state index contributed by atoms with van der Waals surface area (Å²) in [6.45, 7) is 10.3. The van der Waals surface area contributed by atoms with Gasteiger partial charge in [0.05, 0.1) is 0 Å². The van der Waals surface area contributed by atoms with Crippen LogP contribution in [0.1, 0.15) is 32.8 Å². The summed E-state index contributed by atoms with van der Waals surface area (Å²) < 4.78 is 13.6. The average Bonchev–Trinajstić information content (AvgIpc) is 2.31. The Labute approximate surface area is 117 Å². The van der Waals surface area contributed by atoms with E-state index in [0.29, 0.717) is 6.54 Å². The minimum absolute atomic E-state index is 0.115. The van der Waals surface area contributed by atoms with Gasteiger partial charge in [-0.15, -0.1) is 0 Å². The highest BCUT2D eigenvalue weighted by atomic mass is 19.1. The maximum Gasteiger partial charge on any atom is 0.127 e. The lowest BCUT2D eigenvalue weighted by atomic mass is 9.92. The van der Waals surface area contributed by atoms with Crippen LogP contribution in [0.5, 0.6) is 0 Å². The lowest BCUT2D eigenvalue weighted by Gasteiger charge is -2.30. The molecule has 1 aromatic rings. The van der Waals surface area contributed by atoms with Gasteiger partial charge in [-0.1, -0.05) is 39.0 Å². The molecule has 1 aromatic carbocycles. The standard InChI is InChI=1S/C16H27FN2/c1-5-10-18-12-16(2,3)13-19(4)11-14-8-6-7-9-15(14)17/h6-9,18H,5,10-13H2,1-4H3. The van der Waals surface area contributed by atoms with Crippen molar-refractivity contribution >= 4 is 0 Å². The SMILES string of the molecule is CCCNCC(C)(C)CN(C)Cc1ccccc1F. The molecule has 19 heavy (non-hydrogen) atoms. The summed E-state index contributed by atoms with van der Waals surface area (Å²) in [7, 11) is 2.05. The highest BCUT2D eigenvalue weighted by molar-refractivity contribution is 5.17. The van der Waals surface area contributed by atoms with Gasteiger partial charge in [0.25, 0.3) is 0 Å². The summed E-state index contributed by atoms with van der Waals surface area (Å²) in [5.41, 5.74) is 0.956. The van der Waals surface area contributed by atoms with E-state index < -0.39 is 0 Å². The largest absolute Gasteiger partial charge is 0.316 e. The first-order valence-corrected chi connectivity index (χ1v) is 7.07. The van der Waals surface area contributed by atoms with Crippen LogP contribution in [0.2, 0.25) is 0 Å². The summed E-state index contributed by atoms with van der Waals surface area (Å²) in [6, 6.07) is 7.00. The molecular formula is C16H27FN2. The fourth-order valence-corrected chi connectivity index (χ4v) is 2.36. The molecule has 2 nitrogen and oxygen atoms in total. The third-order valence-electron chi connectivity index (χ3n) is 3.13. The number of halogens is 1. The molecule has 0 atom stereocenters. The van der Waals surface area contributed by atoms with Crippen LogP contribution in [0.4, 0.5) is 4.39 Å². The molecule has 3 heteroatoms. The predicted octanol–water partition coefficient (Wildman–Crippen LogP) is 3.28. The quantitative estimate of drug-likeness (QED) is 0.726. The Hall–Kier alpha value is -0.930. The zero-order chi connectivity index (χ0) is 14.3. The summed E-state index contributed by atoms with van der Waals surface area (Å²) >= 11 is 0. The van der Waals surface area contributed by atoms with Crippen LogP contribution in [-0.4, -0.2) is 31.6 Å². The van der Waals surface area contributed by atoms with Gasteiger partial charge in [-0.3, -0.25) is 0 Å². The van der Waals surface area contributed by atoms with Gasteiger partial charge in [0.1, 0.15) is 5.82 Å². The lowest BCUT2D eigenvalue weighted by Crippen LogP contribution is -2.39. The van der Waals surface area contributed by atoms with Crippen molar-refractivity contribution in [2.75, 3.05) is 26.7 Å². The molecule has 0 bridgehead atoms. The van der Waals surface area contributed by atoms with Gasteiger partial charge in [-0.05, 0) is 31.5 Å². The van der Waals surface area contributed by atoms with Crippen LogP contribution >= 0.6 is 0 Å². The monoisotopic (exact) mass is 266 g/mol. The molecule has 108 valence electrons. The van der Waals surface area contributed by atoms with Crippen LogP contribution in [0, 0.1) is 11.2 Å². The van der Waals surface area contributed by atoms with E-state index in [4.69, 9.17) is 0 Å². The smallest absolute Gasteiger partial charge is 0.127 e. The number of nitrogens with one attached hydrogen (secondary N) is 1. The van der Waals surface area contributed by atoms with Crippen molar-refractivity contribution in [1.29, 1.82) is 0 Å². The number of benzene rings is 1. The topological polar surface area (TPSA) is 15.3 Å². The molecule has 0 amide bonds. The second kappa shape index (κ2) is 7.61. The normalized spacial score (nSPS) is 12.1. The van der Waals surface area contributed by atoms with E-state index in [9.17, 15) is 4.39 Å². The molecule has 0 saturated heterocycles. The van der Waals surface area contributed by atoms with Crippen molar-refractivity contribution < 1.29 is 4.39 Å². The number of nitrogens with zero attached hydrogens (tertiary/aromatic N) is 1. The molecule has 0 aliphatic rings. The predicted molar refractivity (Wildman–Crippen MR) is 79.7 cm³/mol. The minimum atomic E-state index is -0.115. The lowest BCUT2D eigenvalue weighted by molar-refractivity contribution is 0.197. The Morgan fingerprint density at radius 2 is 1.95 bits per heavy atom. The molecule has 0 aromatic heterocycles. The van der Waals surface area contributed by atoms with Gasteiger partial charge in [0, 0.05) is 25.2 Å². The highest BCUT2D eigenvalue weighted by Crippen LogP contribution is 2.17. The fraction of sp³-hybridized carbons (Fsp3) is 0.625. The van der Waals surface area contributed by atoms with E-state index in [2.05, 4.69) is 31.0 Å². The zero-order valence-corrected chi connectivity index (χ0v) is 12.7. The second-order valence-corrected chi connectivity index (χ2v) is 6.10. The van der Waals surface area contributed by atoms with Gasteiger partial charge in [-0.2, -0.15) is 0 Å². The molecule has 0 saturated carbocycles. The Balaban J connectivity index is 2.46. The minimum Gasteiger partial charge on any atom is -0.316 e. The summed E-state index contributed by atoms with van der Waals surface area (Å²) in [4.78, 5) is 2.19. The number of hydrogen-bond acceptors (Lipinski definition) is 2. The van der Waals surface area contributed by atoms with Crippen molar-refractivity contribution in [2.24, 2.45) is 5.41 Å². The van der Waals surface area contributed by atoms with Gasteiger partial charge in [0.2, 0.25) is 0 Å². The Kier molecular flexibility index (Phi) is 6.46.